The third kappa shape index (κ3) is 39.1. The van der Waals surface area contributed by atoms with Crippen molar-refractivity contribution < 1.29 is 165 Å². The molecule has 2 aromatic heterocycles. The Morgan fingerprint density at radius 1 is 0.580 bits per heavy atom. The number of cyclic esters (lactones) is 1. The maximum absolute atomic E-state index is 15.6. The lowest BCUT2D eigenvalue weighted by atomic mass is 9.81. The molecule has 143 heavy (non-hydrogen) atoms. The molecule has 1 aliphatic carbocycles. The molecule has 8 rings (SSSR count). The van der Waals surface area contributed by atoms with Crippen molar-refractivity contribution in [3.8, 4) is 11.4 Å². The zero-order valence-corrected chi connectivity index (χ0v) is 81.9. The number of carbonyl (C=O) groups is 10. The normalized spacial score (nSPS) is 16.7. The summed E-state index contributed by atoms with van der Waals surface area (Å²) < 4.78 is 94.6. The predicted octanol–water partition coefficient (Wildman–Crippen LogP) is -1.25. The largest absolute Gasteiger partial charge is 0.458 e. The molecule has 46 nitrogen and oxygen atoms in total. The van der Waals surface area contributed by atoms with Gasteiger partial charge >= 0.3 is 18.1 Å². The van der Waals surface area contributed by atoms with Gasteiger partial charge in [0.05, 0.1) is 219 Å². The first-order chi connectivity index (χ1) is 68.9. The van der Waals surface area contributed by atoms with Gasteiger partial charge in [0.2, 0.25) is 29.5 Å². The summed E-state index contributed by atoms with van der Waals surface area (Å²) in [7, 11) is 0. The number of nitrogens with zero attached hydrogens (tertiary/aromatic N) is 4. The van der Waals surface area contributed by atoms with E-state index in [0.29, 0.717) is 214 Å². The number of pyridine rings is 2. The molecule has 800 valence electrons. The number of rotatable bonds is 76. The zero-order chi connectivity index (χ0) is 104. The number of amides is 10. The number of carbonyl (C=O) groups excluding carboxylic acids is 10. The van der Waals surface area contributed by atoms with E-state index in [1.54, 1.807) is 58.0 Å². The number of aliphatic hydroxyl groups excluding tert-OH is 8. The topological polar surface area (TPSA) is 634 Å². The summed E-state index contributed by atoms with van der Waals surface area (Å²) in [6.07, 6.45) is -5.12. The molecule has 0 fully saturated rings. The molecule has 0 saturated heterocycles. The first kappa shape index (κ1) is 118. The summed E-state index contributed by atoms with van der Waals surface area (Å²) in [5.74, 6) is -5.63. The molecule has 11 atom stereocenters. The number of anilines is 1. The number of urea groups is 1. The van der Waals surface area contributed by atoms with Crippen molar-refractivity contribution in [1.82, 2.24) is 51.3 Å². The number of aromatic nitrogens is 2. The summed E-state index contributed by atoms with van der Waals surface area (Å²) >= 11 is 0. The second kappa shape index (κ2) is 64.2. The molecule has 0 saturated carbocycles. The SMILES string of the molecule is CC[C@@]1(O)C(=O)OCc2c1cc1n(c2=O)Cc2c-1nc1cc(F)c(C)c3c1c2[C@@H](NC(=O)OCc1ccc(NC(=O)[C@H](CCCNC(N)=O)NC(=O)[C@@H](NC(=O)[C@H](CCCCNC(=O)CCOCCOCCOCCOCCOCCOCCOCCOCCOCCOCCOCCOCCN(C[C@H](O)[C@@H](O)[C@H](O)CO)C[C@H](O)[C@@H](O)[C@H](O)CO)NC(=O)CCCCCN2C(=O)C=CC2=O)C(C)C)cc1)CC3. The van der Waals surface area contributed by atoms with E-state index in [9.17, 15) is 88.5 Å². The van der Waals surface area contributed by atoms with Gasteiger partial charge in [0, 0.05) is 92.5 Å². The Labute approximate surface area is 828 Å². The lowest BCUT2D eigenvalue weighted by Gasteiger charge is -2.32. The van der Waals surface area contributed by atoms with Gasteiger partial charge < -0.3 is 160 Å². The average molecular weight is 2030 g/mol. The summed E-state index contributed by atoms with van der Waals surface area (Å²) in [4.78, 5) is 154. The van der Waals surface area contributed by atoms with Crippen LogP contribution in [0.1, 0.15) is 143 Å². The molecular weight excluding hydrogens is 1880 g/mol. The minimum absolute atomic E-state index is 0.00877. The van der Waals surface area contributed by atoms with Gasteiger partial charge in [0.25, 0.3) is 17.4 Å². The molecule has 5 heterocycles. The molecule has 0 radical (unpaired) electrons. The molecule has 0 spiro atoms. The number of halogens is 1. The van der Waals surface area contributed by atoms with Crippen LogP contribution >= 0.6 is 0 Å². The number of nitrogens with one attached hydrogen (secondary N) is 7. The highest BCUT2D eigenvalue weighted by molar-refractivity contribution is 6.13. The number of aryl methyl sites for hydroxylation is 1. The van der Waals surface area contributed by atoms with Crippen molar-refractivity contribution >= 4 is 76.0 Å². The maximum Gasteiger partial charge on any atom is 0.407 e. The first-order valence-corrected chi connectivity index (χ1v) is 48.7. The highest BCUT2D eigenvalue weighted by Gasteiger charge is 2.47. The summed E-state index contributed by atoms with van der Waals surface area (Å²) in [6.45, 7) is 12.1. The third-order valence-electron chi connectivity index (χ3n) is 24.1. The minimum Gasteiger partial charge on any atom is -0.458 e. The first-order valence-electron chi connectivity index (χ1n) is 48.7. The van der Waals surface area contributed by atoms with Crippen LogP contribution in [0.5, 0.6) is 0 Å². The molecule has 47 heteroatoms. The Kier molecular flexibility index (Phi) is 53.1. The molecule has 4 aromatic rings. The Hall–Kier alpha value is -9.91. The monoisotopic (exact) mass is 2030 g/mol. The zero-order valence-electron chi connectivity index (χ0n) is 81.9. The number of hydrogen-bond acceptors (Lipinski definition) is 36. The van der Waals surface area contributed by atoms with Crippen LogP contribution in [0.4, 0.5) is 19.7 Å². The van der Waals surface area contributed by atoms with Gasteiger partial charge in [-0.15, -0.1) is 0 Å². The van der Waals surface area contributed by atoms with Gasteiger partial charge in [-0.25, -0.2) is 23.8 Å². The molecule has 0 unspecified atom stereocenters. The molecule has 18 N–H and O–H groups in total. The van der Waals surface area contributed by atoms with E-state index in [4.69, 9.17) is 87.2 Å². The lowest BCUT2D eigenvalue weighted by molar-refractivity contribution is -0.172. The predicted molar refractivity (Wildman–Crippen MR) is 508 cm³/mol. The molecule has 4 aliphatic rings. The Morgan fingerprint density at radius 2 is 1.09 bits per heavy atom. The number of primary amides is 1. The van der Waals surface area contributed by atoms with Gasteiger partial charge in [-0.2, -0.15) is 0 Å². The number of esters is 1. The molecular formula is C96H145FN12O34. The van der Waals surface area contributed by atoms with Crippen LogP contribution < -0.4 is 48.5 Å². The number of ether oxygens (including phenoxy) is 14. The van der Waals surface area contributed by atoms with E-state index < -0.39 is 150 Å². The van der Waals surface area contributed by atoms with Gasteiger partial charge in [-0.1, -0.05) is 39.3 Å². The molecule has 10 amide bonds. The van der Waals surface area contributed by atoms with Crippen molar-refractivity contribution in [2.45, 2.75) is 197 Å². The van der Waals surface area contributed by atoms with Crippen LogP contribution in [0, 0.1) is 18.7 Å². The van der Waals surface area contributed by atoms with E-state index in [0.717, 1.165) is 4.90 Å². The van der Waals surface area contributed by atoms with Crippen LogP contribution in [-0.4, -0.2) is 391 Å². The lowest BCUT2D eigenvalue weighted by Crippen LogP contribution is -2.57. The van der Waals surface area contributed by atoms with Gasteiger partial charge in [0.15, 0.2) is 5.60 Å². The summed E-state index contributed by atoms with van der Waals surface area (Å²) in [6, 6.07) is 4.04. The van der Waals surface area contributed by atoms with Crippen LogP contribution in [-0.2, 0) is 136 Å². The van der Waals surface area contributed by atoms with Gasteiger partial charge in [-0.05, 0) is 118 Å². The highest BCUT2D eigenvalue weighted by Crippen LogP contribution is 2.46. The number of fused-ring (bicyclic) bond motifs is 5. The summed E-state index contributed by atoms with van der Waals surface area (Å²) in [5, 5.41) is 110. The molecule has 0 bridgehead atoms. The van der Waals surface area contributed by atoms with Gasteiger partial charge in [0.1, 0.15) is 61.6 Å². The second-order valence-electron chi connectivity index (χ2n) is 34.9. The van der Waals surface area contributed by atoms with Gasteiger partial charge in [-0.3, -0.25) is 48.2 Å². The minimum atomic E-state index is -2.08. The van der Waals surface area contributed by atoms with Crippen LogP contribution in [0.15, 0.2) is 53.3 Å². The highest BCUT2D eigenvalue weighted by atomic mass is 19.1. The second-order valence-corrected chi connectivity index (χ2v) is 34.9. The van der Waals surface area contributed by atoms with E-state index >= 15 is 4.39 Å². The smallest absolute Gasteiger partial charge is 0.407 e. The van der Waals surface area contributed by atoms with E-state index in [-0.39, 0.29) is 160 Å². The number of alkyl carbamates (subject to hydrolysis) is 1. The maximum atomic E-state index is 15.6. The Balaban J connectivity index is 0.649. The number of benzene rings is 2. The fourth-order valence-corrected chi connectivity index (χ4v) is 16.1. The summed E-state index contributed by atoms with van der Waals surface area (Å²) in [5.41, 5.74) is 7.08. The standard InChI is InChI=1S/C96H145FN12O34/c1-5-96(129)68-52-74-86-66(54-109(74)92(125)67(68)60-142-93(96)126)84-70(20-19-65-62(4)69(97)53-73(103-86)83(65)84)105-95(128)143-59-63-15-17-64(18-16-63)101-89(122)72(13-11-25-100-94(98)127)104-91(124)85(61(2)3)106-90(123)71(102-80(117)14-7-6-10-26-108-81(118)21-22-82(108)119)12-8-9-24-99-79(116)23-28-130-30-32-132-34-36-134-38-40-136-42-44-138-46-48-140-50-51-141-49-47-139-45-43-137-41-39-135-37-35-133-33-31-131-29-27-107(55-75(112)87(120)77(114)57-110)56-76(113)88(121)78(115)58-111/h15-18,21-22,52-53,61,70-72,75-78,85,87-88,110-115,120-121,129H,5-14,19-20,23-51,54-60H2,1-4H3,(H,99,116)(H,101,122)(H,102,117)(H,104,124)(H,105,128)(H,106,123)(H3,98,100,127)/t70-,71-,72-,75-,76-,77+,78+,85-,87+,88+,96-/m0/s1. The van der Waals surface area contributed by atoms with Crippen molar-refractivity contribution in [3.63, 3.8) is 0 Å². The average Bonchev–Trinajstić information content (AvgIpc) is 1.57. The van der Waals surface area contributed by atoms with Crippen LogP contribution in [0.3, 0.4) is 0 Å². The quantitative estimate of drug-likeness (QED) is 0.0123. The van der Waals surface area contributed by atoms with E-state index in [1.807, 2.05) is 0 Å². The van der Waals surface area contributed by atoms with Crippen molar-refractivity contribution in [2.75, 3.05) is 216 Å². The van der Waals surface area contributed by atoms with Crippen LogP contribution in [0.25, 0.3) is 22.3 Å². The van der Waals surface area contributed by atoms with E-state index in [2.05, 4.69) is 37.2 Å². The fourth-order valence-electron chi connectivity index (χ4n) is 16.1. The number of imide groups is 1. The Bertz CT molecular complexity index is 4710. The van der Waals surface area contributed by atoms with Crippen molar-refractivity contribution in [3.05, 3.63) is 104 Å². The number of unbranched alkanes of at least 4 members (excludes halogenated alkanes) is 3. The Morgan fingerprint density at radius 3 is 1.61 bits per heavy atom. The molecule has 2 aromatic carbocycles. The van der Waals surface area contributed by atoms with Crippen LogP contribution in [0.2, 0.25) is 0 Å². The molecule has 3 aliphatic heterocycles. The van der Waals surface area contributed by atoms with E-state index in [1.165, 1.54) is 27.7 Å². The number of aliphatic hydroxyl groups is 9. The number of hydrogen-bond donors (Lipinski definition) is 17. The number of nitrogens with two attached hydrogens (primary N) is 1. The van der Waals surface area contributed by atoms with Crippen molar-refractivity contribution in [1.29, 1.82) is 0 Å². The third-order valence-corrected chi connectivity index (χ3v) is 24.1. The fraction of sp³-hybridized carbons (Fsp3) is 0.667. The van der Waals surface area contributed by atoms with Crippen molar-refractivity contribution in [2.24, 2.45) is 11.7 Å².